The van der Waals surface area contributed by atoms with Gasteiger partial charge in [-0.25, -0.2) is 8.42 Å². The molecule has 160 valence electrons. The molecule has 1 aliphatic rings. The zero-order chi connectivity index (χ0) is 21.9. The Balaban J connectivity index is 1.81. The lowest BCUT2D eigenvalue weighted by Gasteiger charge is -2.24. The van der Waals surface area contributed by atoms with E-state index < -0.39 is 16.1 Å². The molecule has 0 bridgehead atoms. The first kappa shape index (κ1) is 22.4. The molecule has 1 aliphatic heterocycles. The molecule has 0 spiro atoms. The van der Waals surface area contributed by atoms with Crippen LogP contribution in [0.1, 0.15) is 30.1 Å². The molecule has 10 heteroatoms. The average molecular weight is 470 g/mol. The third-order valence-corrected chi connectivity index (χ3v) is 6.85. The molecule has 0 saturated carbocycles. The van der Waals surface area contributed by atoms with Crippen LogP contribution in [-0.4, -0.2) is 44.3 Å². The Labute approximate surface area is 185 Å². The summed E-state index contributed by atoms with van der Waals surface area (Å²) < 4.78 is 27.8. The smallest absolute Gasteiger partial charge is 0.261 e. The third-order valence-electron chi connectivity index (χ3n) is 4.73. The Morgan fingerprint density at radius 1 is 1.13 bits per heavy atom. The molecule has 1 fully saturated rings. The molecule has 0 unspecified atom stereocenters. The van der Waals surface area contributed by atoms with Gasteiger partial charge in [0.25, 0.3) is 15.9 Å². The third kappa shape index (κ3) is 4.88. The summed E-state index contributed by atoms with van der Waals surface area (Å²) in [6, 6.07) is 9.63. The normalized spacial score (nSPS) is 16.4. The maximum atomic E-state index is 13.0. The van der Waals surface area contributed by atoms with Crippen LogP contribution in [0.15, 0.2) is 47.4 Å². The van der Waals surface area contributed by atoms with E-state index in [0.29, 0.717) is 25.1 Å². The Hall–Kier alpha value is -2.29. The van der Waals surface area contributed by atoms with Crippen LogP contribution in [0, 0.1) is 0 Å². The number of hydrogen-bond acceptors (Lipinski definition) is 4. The maximum Gasteiger partial charge on any atom is 0.261 e. The first-order chi connectivity index (χ1) is 14.2. The van der Waals surface area contributed by atoms with Gasteiger partial charge < -0.3 is 10.2 Å². The first-order valence-electron chi connectivity index (χ1n) is 9.39. The number of hydrogen-bond donors (Lipinski definition) is 2. The summed E-state index contributed by atoms with van der Waals surface area (Å²) in [6.45, 7) is 2.78. The molecule has 30 heavy (non-hydrogen) atoms. The highest BCUT2D eigenvalue weighted by Crippen LogP contribution is 2.27. The van der Waals surface area contributed by atoms with E-state index in [1.54, 1.807) is 12.1 Å². The number of nitrogens with zero attached hydrogens (tertiary/aromatic N) is 1. The molecule has 0 aliphatic carbocycles. The van der Waals surface area contributed by atoms with Crippen LogP contribution >= 0.6 is 23.2 Å². The van der Waals surface area contributed by atoms with Gasteiger partial charge in [0.1, 0.15) is 6.04 Å². The quantitative estimate of drug-likeness (QED) is 0.675. The summed E-state index contributed by atoms with van der Waals surface area (Å²) in [6.07, 6.45) is 1.33. The molecule has 7 nitrogen and oxygen atoms in total. The zero-order valence-electron chi connectivity index (χ0n) is 16.2. The van der Waals surface area contributed by atoms with E-state index in [-0.39, 0.29) is 32.4 Å². The molecule has 1 saturated heterocycles. The summed E-state index contributed by atoms with van der Waals surface area (Å²) in [7, 11) is -3.93. The molecular weight excluding hydrogens is 449 g/mol. The average Bonchev–Trinajstić information content (AvgIpc) is 3.19. The fraction of sp³-hybridized carbons (Fsp3) is 0.300. The van der Waals surface area contributed by atoms with Crippen molar-refractivity contribution in [3.63, 3.8) is 0 Å². The number of halogens is 2. The van der Waals surface area contributed by atoms with Crippen molar-refractivity contribution in [1.82, 2.24) is 10.2 Å². The topological polar surface area (TPSA) is 95.6 Å². The molecule has 2 aromatic carbocycles. The van der Waals surface area contributed by atoms with Gasteiger partial charge in [-0.1, -0.05) is 29.3 Å². The molecule has 2 aromatic rings. The summed E-state index contributed by atoms with van der Waals surface area (Å²) in [5.74, 6) is -0.501. The summed E-state index contributed by atoms with van der Waals surface area (Å²) in [4.78, 5) is 26.7. The van der Waals surface area contributed by atoms with E-state index in [1.807, 2.05) is 6.92 Å². The van der Waals surface area contributed by atoms with Gasteiger partial charge in [-0.15, -0.1) is 0 Å². The minimum atomic E-state index is -3.93. The molecule has 1 atom stereocenters. The first-order valence-corrected chi connectivity index (χ1v) is 11.6. The van der Waals surface area contributed by atoms with Crippen molar-refractivity contribution >= 4 is 50.7 Å². The molecule has 1 heterocycles. The van der Waals surface area contributed by atoms with Crippen LogP contribution in [0.3, 0.4) is 0 Å². The van der Waals surface area contributed by atoms with Crippen molar-refractivity contribution in [2.24, 2.45) is 0 Å². The highest BCUT2D eigenvalue weighted by Gasteiger charge is 2.34. The summed E-state index contributed by atoms with van der Waals surface area (Å²) in [5, 5.41) is 3.11. The van der Waals surface area contributed by atoms with Crippen LogP contribution < -0.4 is 10.0 Å². The Morgan fingerprint density at radius 3 is 2.60 bits per heavy atom. The molecule has 3 rings (SSSR count). The van der Waals surface area contributed by atoms with Crippen LogP contribution in [0.5, 0.6) is 0 Å². The second kappa shape index (κ2) is 9.24. The van der Waals surface area contributed by atoms with Crippen LogP contribution in [0.4, 0.5) is 5.69 Å². The SMILES string of the molecule is CCNC(=O)[C@H]1CCCN1C(=O)c1cccc(NS(=O)(=O)c2ccc(Cl)c(Cl)c2)c1. The number of benzene rings is 2. The van der Waals surface area contributed by atoms with E-state index in [0.717, 1.165) is 6.42 Å². The molecule has 0 aromatic heterocycles. The molecule has 0 radical (unpaired) electrons. The number of likely N-dealkylation sites (tertiary alicyclic amines) is 1. The van der Waals surface area contributed by atoms with Crippen molar-refractivity contribution in [2.45, 2.75) is 30.7 Å². The second-order valence-corrected chi connectivity index (χ2v) is 9.31. The number of likely N-dealkylation sites (N-methyl/N-ethyl adjacent to an activating group) is 1. The van der Waals surface area contributed by atoms with E-state index in [1.165, 1.54) is 35.2 Å². The molecule has 2 N–H and O–H groups in total. The van der Waals surface area contributed by atoms with E-state index in [9.17, 15) is 18.0 Å². The van der Waals surface area contributed by atoms with Crippen molar-refractivity contribution in [1.29, 1.82) is 0 Å². The van der Waals surface area contributed by atoms with Crippen molar-refractivity contribution in [3.05, 3.63) is 58.1 Å². The summed E-state index contributed by atoms with van der Waals surface area (Å²) >= 11 is 11.8. The number of carbonyl (C=O) groups is 2. The van der Waals surface area contributed by atoms with Crippen molar-refractivity contribution in [3.8, 4) is 0 Å². The van der Waals surface area contributed by atoms with Gasteiger partial charge in [0.05, 0.1) is 14.9 Å². The highest BCUT2D eigenvalue weighted by atomic mass is 35.5. The minimum absolute atomic E-state index is 0.0514. The van der Waals surface area contributed by atoms with E-state index in [2.05, 4.69) is 10.0 Å². The van der Waals surface area contributed by atoms with Gasteiger partial charge in [-0.05, 0) is 56.2 Å². The number of rotatable bonds is 6. The predicted octanol–water partition coefficient (Wildman–Crippen LogP) is 3.53. The molecular formula is C20H21Cl2N3O4S. The largest absolute Gasteiger partial charge is 0.355 e. The predicted molar refractivity (Wildman–Crippen MR) is 116 cm³/mol. The number of sulfonamides is 1. The van der Waals surface area contributed by atoms with Gasteiger partial charge in [0.2, 0.25) is 5.91 Å². The minimum Gasteiger partial charge on any atom is -0.355 e. The van der Waals surface area contributed by atoms with Gasteiger partial charge in [0.15, 0.2) is 0 Å². The van der Waals surface area contributed by atoms with Crippen LogP contribution in [-0.2, 0) is 14.8 Å². The Kier molecular flexibility index (Phi) is 6.90. The summed E-state index contributed by atoms with van der Waals surface area (Å²) in [5.41, 5.74) is 0.515. The number of amides is 2. The maximum absolute atomic E-state index is 13.0. The standard InChI is InChI=1S/C20H21Cl2N3O4S/c1-2-23-19(26)18-7-4-10-25(18)20(27)13-5-3-6-14(11-13)24-30(28,29)15-8-9-16(21)17(22)12-15/h3,5-6,8-9,11-12,18,24H,2,4,7,10H2,1H3,(H,23,26)/t18-/m1/s1. The van der Waals surface area contributed by atoms with Crippen molar-refractivity contribution < 1.29 is 18.0 Å². The van der Waals surface area contributed by atoms with Gasteiger partial charge >= 0.3 is 0 Å². The number of anilines is 1. The van der Waals surface area contributed by atoms with Gasteiger partial charge in [-0.2, -0.15) is 0 Å². The lowest BCUT2D eigenvalue weighted by molar-refractivity contribution is -0.124. The lowest BCUT2D eigenvalue weighted by Crippen LogP contribution is -2.45. The van der Waals surface area contributed by atoms with Crippen LogP contribution in [0.25, 0.3) is 0 Å². The zero-order valence-corrected chi connectivity index (χ0v) is 18.5. The van der Waals surface area contributed by atoms with Crippen LogP contribution in [0.2, 0.25) is 10.0 Å². The highest BCUT2D eigenvalue weighted by molar-refractivity contribution is 7.92. The molecule has 2 amide bonds. The van der Waals surface area contributed by atoms with E-state index in [4.69, 9.17) is 23.2 Å². The second-order valence-electron chi connectivity index (χ2n) is 6.81. The fourth-order valence-corrected chi connectivity index (χ4v) is 4.75. The Morgan fingerprint density at radius 2 is 1.90 bits per heavy atom. The van der Waals surface area contributed by atoms with Crippen molar-refractivity contribution in [2.75, 3.05) is 17.8 Å². The fourth-order valence-electron chi connectivity index (χ4n) is 3.31. The van der Waals surface area contributed by atoms with E-state index >= 15 is 0 Å². The number of carbonyl (C=O) groups excluding carboxylic acids is 2. The lowest BCUT2D eigenvalue weighted by atomic mass is 10.1. The monoisotopic (exact) mass is 469 g/mol. The Bertz CT molecular complexity index is 1080. The van der Waals surface area contributed by atoms with Gasteiger partial charge in [-0.3, -0.25) is 14.3 Å². The number of nitrogens with one attached hydrogen (secondary N) is 2. The van der Waals surface area contributed by atoms with Gasteiger partial charge in [0, 0.05) is 24.3 Å².